The molecule has 0 aliphatic rings. The molecule has 2 aromatic rings. The molecule has 16 heavy (non-hydrogen) atoms. The van der Waals surface area contributed by atoms with Crippen molar-refractivity contribution in [1.82, 2.24) is 15.0 Å². The number of phenols is 1. The van der Waals surface area contributed by atoms with Crippen LogP contribution in [0.5, 0.6) is 5.75 Å². The lowest BCUT2D eigenvalue weighted by Crippen LogP contribution is -1.93. The van der Waals surface area contributed by atoms with Crippen LogP contribution in [-0.2, 0) is 19.4 Å². The van der Waals surface area contributed by atoms with Gasteiger partial charge in [-0.1, -0.05) is 23.4 Å². The summed E-state index contributed by atoms with van der Waals surface area (Å²) >= 11 is 0. The van der Waals surface area contributed by atoms with E-state index in [0.717, 1.165) is 30.6 Å². The van der Waals surface area contributed by atoms with Crippen molar-refractivity contribution in [3.05, 3.63) is 41.7 Å². The van der Waals surface area contributed by atoms with Crippen LogP contribution in [0, 0.1) is 0 Å². The zero-order valence-corrected chi connectivity index (χ0v) is 9.30. The number of rotatable bonds is 4. The van der Waals surface area contributed by atoms with Gasteiger partial charge >= 0.3 is 0 Å². The van der Waals surface area contributed by atoms with Gasteiger partial charge in [-0.3, -0.25) is 4.68 Å². The predicted octanol–water partition coefficient (Wildman–Crippen LogP) is 1.79. The smallest absolute Gasteiger partial charge is 0.118 e. The molecule has 1 aromatic heterocycles. The predicted molar refractivity (Wildman–Crippen MR) is 61.2 cm³/mol. The molecule has 0 bridgehead atoms. The first-order valence-electron chi connectivity index (χ1n) is 5.45. The number of hydrogen-bond acceptors (Lipinski definition) is 3. The third-order valence-electron chi connectivity index (χ3n) is 2.55. The normalized spacial score (nSPS) is 10.6. The maximum atomic E-state index is 9.60. The second kappa shape index (κ2) is 4.79. The Morgan fingerprint density at radius 2 is 2.06 bits per heavy atom. The van der Waals surface area contributed by atoms with E-state index >= 15 is 0 Å². The highest BCUT2D eigenvalue weighted by Gasteiger charge is 2.03. The van der Waals surface area contributed by atoms with Crippen molar-refractivity contribution >= 4 is 0 Å². The molecule has 0 amide bonds. The van der Waals surface area contributed by atoms with Crippen molar-refractivity contribution in [3.63, 3.8) is 0 Å². The topological polar surface area (TPSA) is 50.9 Å². The first kappa shape index (κ1) is 10.7. The third-order valence-corrected chi connectivity index (χ3v) is 2.55. The zero-order valence-electron chi connectivity index (χ0n) is 9.30. The summed E-state index contributed by atoms with van der Waals surface area (Å²) in [4.78, 5) is 0. The lowest BCUT2D eigenvalue weighted by molar-refractivity contribution is 0.468. The molecule has 4 heteroatoms. The Kier molecular flexibility index (Phi) is 3.19. The molecule has 1 heterocycles. The quantitative estimate of drug-likeness (QED) is 0.849. The summed E-state index contributed by atoms with van der Waals surface area (Å²) in [5, 5.41) is 17.6. The molecule has 1 N–H and O–H groups in total. The van der Waals surface area contributed by atoms with Gasteiger partial charge in [0.2, 0.25) is 0 Å². The summed E-state index contributed by atoms with van der Waals surface area (Å²) in [6.45, 7) is 2.87. The van der Waals surface area contributed by atoms with Crippen LogP contribution in [0.25, 0.3) is 0 Å². The Morgan fingerprint density at radius 3 is 2.75 bits per heavy atom. The molecule has 0 unspecified atom stereocenters. The van der Waals surface area contributed by atoms with Crippen LogP contribution in [0.15, 0.2) is 30.5 Å². The molecule has 1 aromatic carbocycles. The van der Waals surface area contributed by atoms with E-state index in [1.54, 1.807) is 10.7 Å². The summed E-state index contributed by atoms with van der Waals surface area (Å²) in [6, 6.07) is 7.39. The van der Waals surface area contributed by atoms with E-state index in [4.69, 9.17) is 0 Å². The average molecular weight is 217 g/mol. The lowest BCUT2D eigenvalue weighted by Gasteiger charge is -2.01. The number of aromatic hydroxyl groups is 1. The van der Waals surface area contributed by atoms with Gasteiger partial charge in [0.15, 0.2) is 0 Å². The summed E-state index contributed by atoms with van der Waals surface area (Å²) in [7, 11) is 0. The summed E-state index contributed by atoms with van der Waals surface area (Å²) in [6.07, 6.45) is 3.53. The fourth-order valence-electron chi connectivity index (χ4n) is 1.59. The van der Waals surface area contributed by atoms with Crippen LogP contribution in [0.1, 0.15) is 18.2 Å². The molecule has 0 spiro atoms. The fraction of sp³-hybridized carbons (Fsp3) is 0.333. The molecule has 0 fully saturated rings. The molecule has 0 aliphatic carbocycles. The van der Waals surface area contributed by atoms with Gasteiger partial charge in [-0.05, 0) is 31.4 Å². The number of benzene rings is 1. The first-order valence-corrected chi connectivity index (χ1v) is 5.45. The highest BCUT2D eigenvalue weighted by Crippen LogP contribution is 2.17. The Bertz CT molecular complexity index is 465. The van der Waals surface area contributed by atoms with Gasteiger partial charge in [-0.2, -0.15) is 0 Å². The largest absolute Gasteiger partial charge is 0.508 e. The van der Waals surface area contributed by atoms with Crippen LogP contribution in [0.3, 0.4) is 0 Å². The van der Waals surface area contributed by atoms with Crippen molar-refractivity contribution in [2.75, 3.05) is 0 Å². The fourth-order valence-corrected chi connectivity index (χ4v) is 1.59. The van der Waals surface area contributed by atoms with Gasteiger partial charge in [-0.15, -0.1) is 5.10 Å². The molecule has 0 radical (unpaired) electrons. The van der Waals surface area contributed by atoms with E-state index in [9.17, 15) is 5.11 Å². The number of aryl methyl sites for hydroxylation is 3. The minimum Gasteiger partial charge on any atom is -0.508 e. The minimum atomic E-state index is 0.352. The average Bonchev–Trinajstić information content (AvgIpc) is 2.76. The summed E-state index contributed by atoms with van der Waals surface area (Å²) in [5.74, 6) is 0.352. The third kappa shape index (κ3) is 2.39. The van der Waals surface area contributed by atoms with Crippen LogP contribution in [0.4, 0.5) is 0 Å². The molecular formula is C12H15N3O. The number of aromatic nitrogens is 3. The highest BCUT2D eigenvalue weighted by molar-refractivity contribution is 5.32. The molecule has 0 aliphatic heterocycles. The monoisotopic (exact) mass is 217 g/mol. The van der Waals surface area contributed by atoms with Crippen molar-refractivity contribution in [2.45, 2.75) is 26.3 Å². The molecular weight excluding hydrogens is 202 g/mol. The van der Waals surface area contributed by atoms with E-state index in [1.165, 1.54) is 0 Å². The Labute approximate surface area is 94.5 Å². The molecule has 0 atom stereocenters. The van der Waals surface area contributed by atoms with E-state index < -0.39 is 0 Å². The van der Waals surface area contributed by atoms with E-state index in [1.807, 2.05) is 31.3 Å². The first-order chi connectivity index (χ1) is 7.79. The Hall–Kier alpha value is -1.84. The molecule has 0 saturated carbocycles. The maximum Gasteiger partial charge on any atom is 0.118 e. The van der Waals surface area contributed by atoms with Crippen LogP contribution in [-0.4, -0.2) is 20.1 Å². The molecule has 4 nitrogen and oxygen atoms in total. The lowest BCUT2D eigenvalue weighted by atomic mass is 10.1. The zero-order chi connectivity index (χ0) is 11.4. The maximum absolute atomic E-state index is 9.60. The van der Waals surface area contributed by atoms with Gasteiger partial charge in [-0.25, -0.2) is 0 Å². The summed E-state index contributed by atoms with van der Waals surface area (Å²) < 4.78 is 1.81. The number of para-hydroxylation sites is 1. The number of phenolic OH excluding ortho intramolecular Hbond substituents is 1. The van der Waals surface area contributed by atoms with Crippen molar-refractivity contribution in [1.29, 1.82) is 0 Å². The van der Waals surface area contributed by atoms with Gasteiger partial charge < -0.3 is 5.11 Å². The highest BCUT2D eigenvalue weighted by atomic mass is 16.3. The second-order valence-electron chi connectivity index (χ2n) is 3.69. The van der Waals surface area contributed by atoms with Gasteiger partial charge in [0, 0.05) is 12.7 Å². The van der Waals surface area contributed by atoms with Crippen LogP contribution < -0.4 is 0 Å². The van der Waals surface area contributed by atoms with Crippen molar-refractivity contribution < 1.29 is 5.11 Å². The number of nitrogens with zero attached hydrogens (tertiary/aromatic N) is 3. The Balaban J connectivity index is 1.99. The molecule has 0 saturated heterocycles. The van der Waals surface area contributed by atoms with E-state index in [0.29, 0.717) is 5.75 Å². The van der Waals surface area contributed by atoms with E-state index in [-0.39, 0.29) is 0 Å². The van der Waals surface area contributed by atoms with Gasteiger partial charge in [0.05, 0.1) is 5.69 Å². The van der Waals surface area contributed by atoms with Crippen molar-refractivity contribution in [2.24, 2.45) is 0 Å². The van der Waals surface area contributed by atoms with Crippen LogP contribution in [0.2, 0.25) is 0 Å². The standard InChI is InChI=1S/C12H15N3O/c1-2-15-9-11(13-14-15)8-7-10-5-3-4-6-12(10)16/h3-6,9,16H,2,7-8H2,1H3. The van der Waals surface area contributed by atoms with Gasteiger partial charge in [0.25, 0.3) is 0 Å². The minimum absolute atomic E-state index is 0.352. The van der Waals surface area contributed by atoms with Crippen molar-refractivity contribution in [3.8, 4) is 5.75 Å². The van der Waals surface area contributed by atoms with Crippen LogP contribution >= 0.6 is 0 Å². The van der Waals surface area contributed by atoms with E-state index in [2.05, 4.69) is 10.3 Å². The SMILES string of the molecule is CCn1cc(CCc2ccccc2O)nn1. The van der Waals surface area contributed by atoms with Gasteiger partial charge in [0.1, 0.15) is 5.75 Å². The second-order valence-corrected chi connectivity index (χ2v) is 3.69. The number of hydrogen-bond donors (Lipinski definition) is 1. The molecule has 84 valence electrons. The molecule has 2 rings (SSSR count). The summed E-state index contributed by atoms with van der Waals surface area (Å²) in [5.41, 5.74) is 1.92. The Morgan fingerprint density at radius 1 is 1.25 bits per heavy atom.